The first-order valence-electron chi connectivity index (χ1n) is 8.55. The number of carbonyl (C=O) groups is 1. The number of aromatic nitrogens is 3. The first-order valence-corrected chi connectivity index (χ1v) is 8.55. The number of nitrogens with zero attached hydrogens (tertiary/aromatic N) is 4. The summed E-state index contributed by atoms with van der Waals surface area (Å²) in [6.45, 7) is 1.18. The zero-order chi connectivity index (χ0) is 17.8. The van der Waals surface area contributed by atoms with Crippen LogP contribution in [0.3, 0.4) is 0 Å². The van der Waals surface area contributed by atoms with Crippen LogP contribution >= 0.6 is 0 Å². The third kappa shape index (κ3) is 3.56. The molecule has 0 atom stereocenters. The van der Waals surface area contributed by atoms with E-state index in [0.717, 1.165) is 18.4 Å². The monoisotopic (exact) mass is 350 g/mol. The number of rotatable bonds is 3. The van der Waals surface area contributed by atoms with Crippen LogP contribution in [0, 0.1) is 0 Å². The fourth-order valence-electron chi connectivity index (χ4n) is 2.98. The number of pyridine rings is 1. The summed E-state index contributed by atoms with van der Waals surface area (Å²) in [5.41, 5.74) is 0.906. The van der Waals surface area contributed by atoms with Crippen molar-refractivity contribution in [3.05, 3.63) is 60.7 Å². The third-order valence-electron chi connectivity index (χ3n) is 4.40. The minimum absolute atomic E-state index is 0.155. The van der Waals surface area contributed by atoms with E-state index in [0.29, 0.717) is 30.6 Å². The Hall–Kier alpha value is -3.22. The molecule has 0 saturated carbocycles. The van der Waals surface area contributed by atoms with Crippen LogP contribution in [0.25, 0.3) is 11.5 Å². The van der Waals surface area contributed by atoms with Crippen LogP contribution in [0.15, 0.2) is 59.3 Å². The predicted octanol–water partition coefficient (Wildman–Crippen LogP) is 3.51. The summed E-state index contributed by atoms with van der Waals surface area (Å²) in [7, 11) is 0. The van der Waals surface area contributed by atoms with Crippen molar-refractivity contribution in [3.8, 4) is 17.2 Å². The lowest BCUT2D eigenvalue weighted by Crippen LogP contribution is -2.39. The first kappa shape index (κ1) is 16.3. The van der Waals surface area contributed by atoms with Crippen LogP contribution < -0.4 is 4.74 Å². The van der Waals surface area contributed by atoms with E-state index in [-0.39, 0.29) is 12.0 Å². The molecule has 4 rings (SSSR count). The van der Waals surface area contributed by atoms with Gasteiger partial charge in [-0.15, -0.1) is 10.2 Å². The molecule has 0 aliphatic carbocycles. The van der Waals surface area contributed by atoms with Crippen LogP contribution in [0.5, 0.6) is 5.75 Å². The van der Waals surface area contributed by atoms with Gasteiger partial charge in [0.2, 0.25) is 11.8 Å². The van der Waals surface area contributed by atoms with Gasteiger partial charge in [0.05, 0.1) is 6.20 Å². The molecule has 1 aliphatic rings. The van der Waals surface area contributed by atoms with Crippen molar-refractivity contribution < 1.29 is 13.9 Å². The van der Waals surface area contributed by atoms with E-state index < -0.39 is 0 Å². The number of benzene rings is 1. The molecular formula is C19H18N4O3. The number of ether oxygens (including phenoxy) is 1. The van der Waals surface area contributed by atoms with Gasteiger partial charge < -0.3 is 14.1 Å². The van der Waals surface area contributed by atoms with Gasteiger partial charge in [0, 0.05) is 30.8 Å². The van der Waals surface area contributed by atoms with E-state index in [1.807, 2.05) is 30.3 Å². The first-order chi connectivity index (χ1) is 12.8. The Morgan fingerprint density at radius 2 is 1.88 bits per heavy atom. The maximum Gasteiger partial charge on any atom is 0.415 e. The lowest BCUT2D eigenvalue weighted by atomic mass is 9.97. The molecule has 1 saturated heterocycles. The SMILES string of the molecule is O=C(Oc1cccnc1)N1CCC(c2nnc(-c3ccccc3)o2)CC1. The molecule has 1 fully saturated rings. The fraction of sp³-hybridized carbons (Fsp3) is 0.263. The molecule has 3 aromatic rings. The number of piperidine rings is 1. The van der Waals surface area contributed by atoms with Crippen LogP contribution in [-0.4, -0.2) is 39.3 Å². The van der Waals surface area contributed by atoms with Gasteiger partial charge in [-0.3, -0.25) is 4.98 Å². The largest absolute Gasteiger partial charge is 0.420 e. The molecule has 0 unspecified atom stereocenters. The van der Waals surface area contributed by atoms with Gasteiger partial charge in [-0.05, 0) is 37.1 Å². The van der Waals surface area contributed by atoms with Crippen molar-refractivity contribution >= 4 is 6.09 Å². The number of amides is 1. The lowest BCUT2D eigenvalue weighted by molar-refractivity contribution is 0.136. The van der Waals surface area contributed by atoms with Gasteiger partial charge in [-0.25, -0.2) is 4.79 Å². The van der Waals surface area contributed by atoms with E-state index >= 15 is 0 Å². The molecule has 1 amide bonds. The molecule has 26 heavy (non-hydrogen) atoms. The van der Waals surface area contributed by atoms with Gasteiger partial charge in [0.15, 0.2) is 5.75 Å². The second kappa shape index (κ2) is 7.35. The maximum atomic E-state index is 12.2. The summed E-state index contributed by atoms with van der Waals surface area (Å²) in [6.07, 6.45) is 4.33. The molecule has 2 aromatic heterocycles. The van der Waals surface area contributed by atoms with Gasteiger partial charge in [-0.1, -0.05) is 18.2 Å². The van der Waals surface area contributed by atoms with E-state index in [1.165, 1.54) is 6.20 Å². The second-order valence-corrected chi connectivity index (χ2v) is 6.13. The van der Waals surface area contributed by atoms with E-state index in [4.69, 9.17) is 9.15 Å². The van der Waals surface area contributed by atoms with Crippen LogP contribution in [0.4, 0.5) is 4.79 Å². The summed E-state index contributed by atoms with van der Waals surface area (Å²) in [5, 5.41) is 8.34. The summed E-state index contributed by atoms with van der Waals surface area (Å²) < 4.78 is 11.2. The van der Waals surface area contributed by atoms with E-state index in [9.17, 15) is 4.79 Å². The van der Waals surface area contributed by atoms with Gasteiger partial charge in [0.1, 0.15) is 0 Å². The highest BCUT2D eigenvalue weighted by Gasteiger charge is 2.28. The molecule has 0 N–H and O–H groups in total. The van der Waals surface area contributed by atoms with Crippen molar-refractivity contribution in [2.45, 2.75) is 18.8 Å². The molecule has 3 heterocycles. The van der Waals surface area contributed by atoms with Crippen molar-refractivity contribution in [1.82, 2.24) is 20.1 Å². The minimum Gasteiger partial charge on any atom is -0.420 e. The topological polar surface area (TPSA) is 81.4 Å². The summed E-state index contributed by atoms with van der Waals surface area (Å²) in [6, 6.07) is 13.1. The Morgan fingerprint density at radius 3 is 2.62 bits per heavy atom. The molecular weight excluding hydrogens is 332 g/mol. The van der Waals surface area contributed by atoms with Crippen molar-refractivity contribution in [3.63, 3.8) is 0 Å². The third-order valence-corrected chi connectivity index (χ3v) is 4.40. The number of likely N-dealkylation sites (tertiary alicyclic amines) is 1. The zero-order valence-electron chi connectivity index (χ0n) is 14.1. The fourth-order valence-corrected chi connectivity index (χ4v) is 2.98. The standard InChI is InChI=1S/C19H18N4O3/c24-19(25-16-7-4-10-20-13-16)23-11-8-15(9-12-23)18-22-21-17(26-18)14-5-2-1-3-6-14/h1-7,10,13,15H,8-9,11-12H2. The van der Waals surface area contributed by atoms with E-state index in [2.05, 4.69) is 15.2 Å². The molecule has 0 radical (unpaired) electrons. The summed E-state index contributed by atoms with van der Waals surface area (Å²) in [4.78, 5) is 17.9. The molecule has 7 heteroatoms. The Balaban J connectivity index is 1.35. The number of hydrogen-bond acceptors (Lipinski definition) is 6. The molecule has 7 nitrogen and oxygen atoms in total. The molecule has 132 valence electrons. The maximum absolute atomic E-state index is 12.2. The Labute approximate surface area is 150 Å². The van der Waals surface area contributed by atoms with Gasteiger partial charge >= 0.3 is 6.09 Å². The summed E-state index contributed by atoms with van der Waals surface area (Å²) >= 11 is 0. The number of carbonyl (C=O) groups excluding carboxylic acids is 1. The van der Waals surface area contributed by atoms with Crippen molar-refractivity contribution in [1.29, 1.82) is 0 Å². The van der Waals surface area contributed by atoms with Crippen molar-refractivity contribution in [2.24, 2.45) is 0 Å². The van der Waals surface area contributed by atoms with Gasteiger partial charge in [-0.2, -0.15) is 0 Å². The quantitative estimate of drug-likeness (QED) is 0.719. The highest BCUT2D eigenvalue weighted by atomic mass is 16.6. The van der Waals surface area contributed by atoms with Crippen LogP contribution in [-0.2, 0) is 0 Å². The molecule has 1 aliphatic heterocycles. The van der Waals surface area contributed by atoms with E-state index in [1.54, 1.807) is 23.2 Å². The van der Waals surface area contributed by atoms with Gasteiger partial charge in [0.25, 0.3) is 0 Å². The van der Waals surface area contributed by atoms with Crippen LogP contribution in [0.2, 0.25) is 0 Å². The van der Waals surface area contributed by atoms with Crippen molar-refractivity contribution in [2.75, 3.05) is 13.1 Å². The molecule has 0 spiro atoms. The average Bonchev–Trinajstić information content (AvgIpc) is 3.20. The number of hydrogen-bond donors (Lipinski definition) is 0. The molecule has 0 bridgehead atoms. The smallest absolute Gasteiger partial charge is 0.415 e. The Kier molecular flexibility index (Phi) is 4.59. The normalized spacial score (nSPS) is 15.0. The highest BCUT2D eigenvalue weighted by molar-refractivity contribution is 5.70. The Bertz CT molecular complexity index is 859. The Morgan fingerprint density at radius 1 is 1.08 bits per heavy atom. The molecule has 1 aromatic carbocycles. The highest BCUT2D eigenvalue weighted by Crippen LogP contribution is 2.29. The minimum atomic E-state index is -0.355. The average molecular weight is 350 g/mol. The second-order valence-electron chi connectivity index (χ2n) is 6.13. The summed E-state index contributed by atoms with van der Waals surface area (Å²) in [5.74, 6) is 1.76. The van der Waals surface area contributed by atoms with Crippen LogP contribution in [0.1, 0.15) is 24.7 Å². The lowest BCUT2D eigenvalue weighted by Gasteiger charge is -2.29. The zero-order valence-corrected chi connectivity index (χ0v) is 14.1. The predicted molar refractivity (Wildman–Crippen MR) is 93.5 cm³/mol.